The van der Waals surface area contributed by atoms with E-state index in [1.165, 1.54) is 0 Å². The minimum absolute atomic E-state index is 0.0756. The highest BCUT2D eigenvalue weighted by Crippen LogP contribution is 2.44. The van der Waals surface area contributed by atoms with Crippen molar-refractivity contribution in [1.82, 2.24) is 19.7 Å². The van der Waals surface area contributed by atoms with Crippen molar-refractivity contribution in [2.45, 2.75) is 70.8 Å². The van der Waals surface area contributed by atoms with Crippen molar-refractivity contribution in [3.63, 3.8) is 0 Å². The van der Waals surface area contributed by atoms with Crippen molar-refractivity contribution < 1.29 is 19.0 Å². The molecule has 0 saturated carbocycles. The van der Waals surface area contributed by atoms with Gasteiger partial charge in [-0.3, -0.25) is 9.78 Å². The molecule has 8 nitrogen and oxygen atoms in total. The van der Waals surface area contributed by atoms with Gasteiger partial charge in [0.25, 0.3) is 0 Å². The molecular formula is C37H42N4O4S. The number of aromatic nitrogens is 4. The van der Waals surface area contributed by atoms with Gasteiger partial charge in [-0.2, -0.15) is 0 Å². The summed E-state index contributed by atoms with van der Waals surface area (Å²) < 4.78 is 19.2. The highest BCUT2D eigenvalue weighted by Gasteiger charge is 2.34. The van der Waals surface area contributed by atoms with E-state index in [0.29, 0.717) is 32.1 Å². The number of esters is 1. The maximum atomic E-state index is 13.2. The number of nitrogens with zero attached hydrogens (tertiary/aromatic N) is 4. The van der Waals surface area contributed by atoms with Crippen molar-refractivity contribution in [1.29, 1.82) is 0 Å². The van der Waals surface area contributed by atoms with E-state index in [1.807, 2.05) is 68.9 Å². The van der Waals surface area contributed by atoms with Gasteiger partial charge in [-0.05, 0) is 62.7 Å². The standard InChI is InChI=1S/C37H42N4O4S/c1-8-44-35(42)37(5,6)22-32-34(46-36(2,3)4)29-21-28(45-24-27-11-9-10-20-38-27)16-18-31(29)41(32)23-25-12-14-26(15-13-25)30-17-19-33(43-7)40-39-30/h9-21H,8,22-24H2,1-7H3. The smallest absolute Gasteiger partial charge is 0.311 e. The third kappa shape index (κ3) is 7.88. The van der Waals surface area contributed by atoms with Gasteiger partial charge < -0.3 is 18.8 Å². The number of methoxy groups -OCH3 is 1. The van der Waals surface area contributed by atoms with Crippen molar-refractivity contribution in [2.24, 2.45) is 5.41 Å². The van der Waals surface area contributed by atoms with Gasteiger partial charge in [0.15, 0.2) is 0 Å². The van der Waals surface area contributed by atoms with Crippen LogP contribution in [0.25, 0.3) is 22.2 Å². The molecule has 0 N–H and O–H groups in total. The number of thioether (sulfide) groups is 1. The Hall–Kier alpha value is -4.37. The lowest BCUT2D eigenvalue weighted by atomic mass is 9.87. The summed E-state index contributed by atoms with van der Waals surface area (Å²) in [6.07, 6.45) is 2.29. The number of hydrogen-bond donors (Lipinski definition) is 0. The Bertz CT molecular complexity index is 1780. The van der Waals surface area contributed by atoms with E-state index in [2.05, 4.69) is 76.9 Å². The predicted molar refractivity (Wildman–Crippen MR) is 183 cm³/mol. The second-order valence-electron chi connectivity index (χ2n) is 12.8. The molecule has 0 radical (unpaired) electrons. The molecule has 0 atom stereocenters. The van der Waals surface area contributed by atoms with Gasteiger partial charge in [-0.1, -0.05) is 51.1 Å². The summed E-state index contributed by atoms with van der Waals surface area (Å²) in [5, 5.41) is 9.50. The molecule has 0 fully saturated rings. The van der Waals surface area contributed by atoms with Crippen molar-refractivity contribution in [3.05, 3.63) is 95.9 Å². The Labute approximate surface area is 275 Å². The Morgan fingerprint density at radius 2 is 1.72 bits per heavy atom. The lowest BCUT2D eigenvalue weighted by Crippen LogP contribution is -2.30. The maximum Gasteiger partial charge on any atom is 0.311 e. The molecule has 46 heavy (non-hydrogen) atoms. The molecule has 0 unspecified atom stereocenters. The minimum atomic E-state index is -0.732. The Balaban J connectivity index is 1.58. The second-order valence-corrected chi connectivity index (χ2v) is 14.6. The Kier molecular flexibility index (Phi) is 10.0. The predicted octanol–water partition coefficient (Wildman–Crippen LogP) is 8.15. The zero-order valence-corrected chi connectivity index (χ0v) is 28.5. The first kappa shape index (κ1) is 33.0. The fourth-order valence-electron chi connectivity index (χ4n) is 5.23. The fourth-order valence-corrected chi connectivity index (χ4v) is 6.41. The van der Waals surface area contributed by atoms with Crippen LogP contribution in [0.2, 0.25) is 0 Å². The van der Waals surface area contributed by atoms with Gasteiger partial charge >= 0.3 is 5.97 Å². The van der Waals surface area contributed by atoms with Crippen LogP contribution in [0.15, 0.2) is 83.9 Å². The summed E-state index contributed by atoms with van der Waals surface area (Å²) in [4.78, 5) is 18.7. The van der Waals surface area contributed by atoms with Crippen LogP contribution in [-0.4, -0.2) is 44.2 Å². The molecule has 0 spiro atoms. The zero-order valence-electron chi connectivity index (χ0n) is 27.7. The van der Waals surface area contributed by atoms with Crippen LogP contribution in [0.3, 0.4) is 0 Å². The molecule has 5 rings (SSSR count). The SMILES string of the molecule is CCOC(=O)C(C)(C)Cc1c(SC(C)(C)C)c2cc(OCc3ccccn3)ccc2n1Cc1ccc(-c2ccc(OC)nn2)cc1. The fraction of sp³-hybridized carbons (Fsp3) is 0.351. The monoisotopic (exact) mass is 638 g/mol. The third-order valence-corrected chi connectivity index (χ3v) is 8.76. The molecule has 0 aliphatic rings. The lowest BCUT2D eigenvalue weighted by molar-refractivity contribution is -0.153. The summed E-state index contributed by atoms with van der Waals surface area (Å²) in [5.41, 5.74) is 5.18. The van der Waals surface area contributed by atoms with Gasteiger partial charge in [0, 0.05) is 57.0 Å². The summed E-state index contributed by atoms with van der Waals surface area (Å²) >= 11 is 1.81. The quantitative estimate of drug-likeness (QED) is 0.1000. The summed E-state index contributed by atoms with van der Waals surface area (Å²) in [6.45, 7) is 13.8. The van der Waals surface area contributed by atoms with E-state index < -0.39 is 5.41 Å². The van der Waals surface area contributed by atoms with Crippen molar-refractivity contribution in [3.8, 4) is 22.9 Å². The Morgan fingerprint density at radius 3 is 2.35 bits per heavy atom. The van der Waals surface area contributed by atoms with Gasteiger partial charge in [0.1, 0.15) is 12.4 Å². The van der Waals surface area contributed by atoms with Gasteiger partial charge in [0.2, 0.25) is 5.88 Å². The molecule has 0 saturated heterocycles. The van der Waals surface area contributed by atoms with Gasteiger partial charge in [-0.25, -0.2) is 0 Å². The summed E-state index contributed by atoms with van der Waals surface area (Å²) in [7, 11) is 1.58. The van der Waals surface area contributed by atoms with Gasteiger partial charge in [0.05, 0.1) is 30.5 Å². The molecule has 0 aliphatic carbocycles. The van der Waals surface area contributed by atoms with E-state index in [-0.39, 0.29) is 10.7 Å². The minimum Gasteiger partial charge on any atom is -0.487 e. The molecule has 2 aromatic carbocycles. The van der Waals surface area contributed by atoms with E-state index in [0.717, 1.165) is 49.8 Å². The number of pyridine rings is 1. The molecular weight excluding hydrogens is 596 g/mol. The van der Waals surface area contributed by atoms with E-state index >= 15 is 0 Å². The first-order valence-corrected chi connectivity index (χ1v) is 16.3. The van der Waals surface area contributed by atoms with Crippen LogP contribution in [0.4, 0.5) is 0 Å². The maximum absolute atomic E-state index is 13.2. The van der Waals surface area contributed by atoms with Crippen LogP contribution < -0.4 is 9.47 Å². The summed E-state index contributed by atoms with van der Waals surface area (Å²) in [5.74, 6) is 1.04. The second kappa shape index (κ2) is 14.0. The lowest BCUT2D eigenvalue weighted by Gasteiger charge is -2.26. The number of carbonyl (C=O) groups excluding carboxylic acids is 1. The van der Waals surface area contributed by atoms with E-state index in [4.69, 9.17) is 14.2 Å². The highest BCUT2D eigenvalue weighted by molar-refractivity contribution is 8.00. The molecule has 9 heteroatoms. The molecule has 240 valence electrons. The topological polar surface area (TPSA) is 88.4 Å². The largest absolute Gasteiger partial charge is 0.487 e. The third-order valence-electron chi connectivity index (χ3n) is 7.49. The molecule has 3 heterocycles. The van der Waals surface area contributed by atoms with E-state index in [1.54, 1.807) is 13.3 Å². The molecule has 0 aliphatic heterocycles. The molecule has 0 bridgehead atoms. The van der Waals surface area contributed by atoms with Crippen LogP contribution in [0.1, 0.15) is 58.5 Å². The Morgan fingerprint density at radius 1 is 0.935 bits per heavy atom. The average molecular weight is 639 g/mol. The van der Waals surface area contributed by atoms with Gasteiger partial charge in [-0.15, -0.1) is 22.0 Å². The highest BCUT2D eigenvalue weighted by atomic mass is 32.2. The van der Waals surface area contributed by atoms with Crippen molar-refractivity contribution in [2.75, 3.05) is 13.7 Å². The number of fused-ring (bicyclic) bond motifs is 1. The first-order valence-electron chi connectivity index (χ1n) is 15.5. The van der Waals surface area contributed by atoms with E-state index in [9.17, 15) is 4.79 Å². The number of ether oxygens (including phenoxy) is 3. The van der Waals surface area contributed by atoms with Crippen LogP contribution in [0, 0.1) is 5.41 Å². The molecule has 3 aromatic heterocycles. The number of carbonyl (C=O) groups is 1. The zero-order chi connectivity index (χ0) is 32.9. The van der Waals surface area contributed by atoms with Crippen LogP contribution in [-0.2, 0) is 29.1 Å². The number of benzene rings is 2. The normalized spacial score (nSPS) is 11.9. The number of rotatable bonds is 12. The number of hydrogen-bond acceptors (Lipinski definition) is 8. The average Bonchev–Trinajstić information content (AvgIpc) is 3.30. The van der Waals surface area contributed by atoms with Crippen molar-refractivity contribution >= 4 is 28.6 Å². The molecule has 5 aromatic rings. The van der Waals surface area contributed by atoms with Crippen LogP contribution >= 0.6 is 11.8 Å². The summed E-state index contributed by atoms with van der Waals surface area (Å²) in [6, 6.07) is 24.1. The molecule has 0 amide bonds. The van der Waals surface area contributed by atoms with Crippen LogP contribution in [0.5, 0.6) is 11.6 Å². The first-order chi connectivity index (χ1) is 22.0.